The topological polar surface area (TPSA) is 35.5 Å². The van der Waals surface area contributed by atoms with Gasteiger partial charge in [-0.1, -0.05) is 6.07 Å². The predicted molar refractivity (Wildman–Crippen MR) is 79.6 cm³/mol. The molecular weight excluding hydrogens is 271 g/mol. The van der Waals surface area contributed by atoms with Gasteiger partial charge in [0.2, 0.25) is 0 Å². The second-order valence-electron chi connectivity index (χ2n) is 4.38. The van der Waals surface area contributed by atoms with Crippen molar-refractivity contribution in [3.8, 4) is 22.6 Å². The molecule has 4 heteroatoms. The van der Waals surface area contributed by atoms with E-state index in [-0.39, 0.29) is 5.82 Å². The van der Waals surface area contributed by atoms with Crippen LogP contribution in [0.4, 0.5) is 4.39 Å². The Morgan fingerprint density at radius 1 is 1.00 bits per heavy atom. The lowest BCUT2D eigenvalue weighted by molar-refractivity contribution is 0.112. The first-order chi connectivity index (χ1) is 10.2. The van der Waals surface area contributed by atoms with E-state index < -0.39 is 0 Å². The van der Waals surface area contributed by atoms with E-state index in [0.29, 0.717) is 47.7 Å². The summed E-state index contributed by atoms with van der Waals surface area (Å²) in [5.41, 5.74) is 1.44. The molecule has 0 unspecified atom stereocenters. The van der Waals surface area contributed by atoms with Gasteiger partial charge in [0.15, 0.2) is 11.5 Å². The molecule has 0 saturated carbocycles. The molecule has 0 aromatic heterocycles. The number of halogens is 1. The Morgan fingerprint density at radius 2 is 1.71 bits per heavy atom. The zero-order valence-corrected chi connectivity index (χ0v) is 12.1. The van der Waals surface area contributed by atoms with Crippen LogP contribution in [0.3, 0.4) is 0 Å². The van der Waals surface area contributed by atoms with Crippen LogP contribution >= 0.6 is 0 Å². The summed E-state index contributed by atoms with van der Waals surface area (Å²) in [5.74, 6) is 0.801. The third-order valence-corrected chi connectivity index (χ3v) is 2.98. The summed E-state index contributed by atoms with van der Waals surface area (Å²) in [6, 6.07) is 9.48. The lowest BCUT2D eigenvalue weighted by Crippen LogP contribution is -1.99. The van der Waals surface area contributed by atoms with Gasteiger partial charge in [-0.3, -0.25) is 4.79 Å². The summed E-state index contributed by atoms with van der Waals surface area (Å²) in [4.78, 5) is 10.8. The number of benzene rings is 2. The van der Waals surface area contributed by atoms with Gasteiger partial charge in [-0.2, -0.15) is 0 Å². The van der Waals surface area contributed by atoms with Crippen molar-refractivity contribution in [3.63, 3.8) is 0 Å². The normalized spacial score (nSPS) is 10.2. The standard InChI is InChI=1S/C17H17FO3/c1-3-20-16-8-6-13(10-17(16)21-4-2)14-9-12(11-19)5-7-15(14)18/h5-11H,3-4H2,1-2H3. The second-order valence-corrected chi connectivity index (χ2v) is 4.38. The van der Waals surface area contributed by atoms with Crippen molar-refractivity contribution in [2.24, 2.45) is 0 Å². The fourth-order valence-electron chi connectivity index (χ4n) is 2.06. The molecule has 2 aromatic rings. The van der Waals surface area contributed by atoms with Crippen LogP contribution in [0, 0.1) is 5.82 Å². The van der Waals surface area contributed by atoms with Gasteiger partial charge in [0.25, 0.3) is 0 Å². The quantitative estimate of drug-likeness (QED) is 0.751. The van der Waals surface area contributed by atoms with Crippen molar-refractivity contribution in [1.29, 1.82) is 0 Å². The third kappa shape index (κ3) is 3.40. The molecule has 2 rings (SSSR count). The number of ether oxygens (including phenoxy) is 2. The van der Waals surface area contributed by atoms with Crippen LogP contribution in [0.5, 0.6) is 11.5 Å². The smallest absolute Gasteiger partial charge is 0.161 e. The molecule has 0 aliphatic carbocycles. The van der Waals surface area contributed by atoms with Crippen molar-refractivity contribution in [3.05, 3.63) is 47.8 Å². The summed E-state index contributed by atoms with van der Waals surface area (Å²) < 4.78 is 25.0. The first-order valence-corrected chi connectivity index (χ1v) is 6.84. The Morgan fingerprint density at radius 3 is 2.38 bits per heavy atom. The molecule has 0 heterocycles. The molecule has 0 saturated heterocycles. The minimum absolute atomic E-state index is 0.364. The van der Waals surface area contributed by atoms with Crippen molar-refractivity contribution >= 4 is 6.29 Å². The van der Waals surface area contributed by atoms with E-state index in [1.165, 1.54) is 18.2 Å². The van der Waals surface area contributed by atoms with E-state index in [2.05, 4.69) is 0 Å². The number of hydrogen-bond donors (Lipinski definition) is 0. The Kier molecular flexibility index (Phi) is 4.93. The maximum absolute atomic E-state index is 14.0. The Balaban J connectivity index is 2.49. The number of hydrogen-bond acceptors (Lipinski definition) is 3. The molecule has 21 heavy (non-hydrogen) atoms. The van der Waals surface area contributed by atoms with Crippen molar-refractivity contribution in [2.75, 3.05) is 13.2 Å². The average Bonchev–Trinajstić information content (AvgIpc) is 2.50. The highest BCUT2D eigenvalue weighted by molar-refractivity contribution is 5.79. The van der Waals surface area contributed by atoms with E-state index in [1.54, 1.807) is 18.2 Å². The maximum Gasteiger partial charge on any atom is 0.161 e. The Labute approximate surface area is 123 Å². The molecule has 3 nitrogen and oxygen atoms in total. The lowest BCUT2D eigenvalue weighted by atomic mass is 10.0. The molecule has 0 amide bonds. The lowest BCUT2D eigenvalue weighted by Gasteiger charge is -2.13. The minimum Gasteiger partial charge on any atom is -0.490 e. The second kappa shape index (κ2) is 6.88. The molecule has 0 spiro atoms. The van der Waals surface area contributed by atoms with E-state index >= 15 is 0 Å². The van der Waals surface area contributed by atoms with Crippen LogP contribution in [0.2, 0.25) is 0 Å². The van der Waals surface area contributed by atoms with Crippen molar-refractivity contribution < 1.29 is 18.7 Å². The highest BCUT2D eigenvalue weighted by atomic mass is 19.1. The predicted octanol–water partition coefficient (Wildman–Crippen LogP) is 4.10. The molecule has 0 aliphatic heterocycles. The molecule has 0 aliphatic rings. The van der Waals surface area contributed by atoms with Gasteiger partial charge in [-0.15, -0.1) is 0 Å². The molecule has 110 valence electrons. The van der Waals surface area contributed by atoms with Gasteiger partial charge in [0.05, 0.1) is 13.2 Å². The fourth-order valence-corrected chi connectivity index (χ4v) is 2.06. The van der Waals surface area contributed by atoms with Crippen LogP contribution in [0.25, 0.3) is 11.1 Å². The Hall–Kier alpha value is -2.36. The van der Waals surface area contributed by atoms with Crippen LogP contribution in [0.1, 0.15) is 24.2 Å². The van der Waals surface area contributed by atoms with Gasteiger partial charge in [0.1, 0.15) is 12.1 Å². The Bertz CT molecular complexity index is 638. The largest absolute Gasteiger partial charge is 0.490 e. The van der Waals surface area contributed by atoms with Crippen molar-refractivity contribution in [2.45, 2.75) is 13.8 Å². The molecular formula is C17H17FO3. The van der Waals surface area contributed by atoms with Gasteiger partial charge >= 0.3 is 0 Å². The fraction of sp³-hybridized carbons (Fsp3) is 0.235. The zero-order chi connectivity index (χ0) is 15.2. The minimum atomic E-state index is -0.382. The van der Waals surface area contributed by atoms with Gasteiger partial charge in [-0.05, 0) is 49.7 Å². The summed E-state index contributed by atoms with van der Waals surface area (Å²) in [6.45, 7) is 4.77. The maximum atomic E-state index is 14.0. The van der Waals surface area contributed by atoms with Crippen LogP contribution in [-0.4, -0.2) is 19.5 Å². The summed E-state index contributed by atoms with van der Waals surface area (Å²) in [6.07, 6.45) is 0.695. The molecule has 0 bridgehead atoms. The molecule has 0 atom stereocenters. The first kappa shape index (κ1) is 15.0. The molecule has 2 aromatic carbocycles. The molecule has 0 radical (unpaired) electrons. The monoisotopic (exact) mass is 288 g/mol. The summed E-state index contributed by atoms with van der Waals surface area (Å²) >= 11 is 0. The van der Waals surface area contributed by atoms with E-state index in [4.69, 9.17) is 9.47 Å². The van der Waals surface area contributed by atoms with E-state index in [9.17, 15) is 9.18 Å². The highest BCUT2D eigenvalue weighted by Gasteiger charge is 2.11. The SMILES string of the molecule is CCOc1ccc(-c2cc(C=O)ccc2F)cc1OCC. The van der Waals surface area contributed by atoms with Gasteiger partial charge < -0.3 is 9.47 Å². The molecule has 0 N–H and O–H groups in total. The highest BCUT2D eigenvalue weighted by Crippen LogP contribution is 2.34. The van der Waals surface area contributed by atoms with Crippen LogP contribution in [-0.2, 0) is 0 Å². The van der Waals surface area contributed by atoms with E-state index in [0.717, 1.165) is 0 Å². The number of carbonyl (C=O) groups excluding carboxylic acids is 1. The summed E-state index contributed by atoms with van der Waals surface area (Å²) in [5, 5.41) is 0. The van der Waals surface area contributed by atoms with Crippen molar-refractivity contribution in [1.82, 2.24) is 0 Å². The molecule has 0 fully saturated rings. The number of rotatable bonds is 6. The van der Waals surface area contributed by atoms with Gasteiger partial charge in [0, 0.05) is 11.1 Å². The average molecular weight is 288 g/mol. The first-order valence-electron chi connectivity index (χ1n) is 6.84. The summed E-state index contributed by atoms with van der Waals surface area (Å²) in [7, 11) is 0. The number of carbonyl (C=O) groups is 1. The van der Waals surface area contributed by atoms with Crippen LogP contribution < -0.4 is 9.47 Å². The van der Waals surface area contributed by atoms with Gasteiger partial charge in [-0.25, -0.2) is 4.39 Å². The number of aldehydes is 1. The van der Waals surface area contributed by atoms with Crippen LogP contribution in [0.15, 0.2) is 36.4 Å². The third-order valence-electron chi connectivity index (χ3n) is 2.98. The zero-order valence-electron chi connectivity index (χ0n) is 12.1. The van der Waals surface area contributed by atoms with E-state index in [1.807, 2.05) is 13.8 Å².